The molecular weight excluding hydrogens is 504 g/mol. The molecule has 1 N–H and O–H groups in total. The van der Waals surface area contributed by atoms with Crippen molar-refractivity contribution >= 4 is 40.0 Å². The summed E-state index contributed by atoms with van der Waals surface area (Å²) in [6, 6.07) is 21.7. The molecule has 1 fully saturated rings. The van der Waals surface area contributed by atoms with Crippen molar-refractivity contribution in [3.8, 4) is 0 Å². The van der Waals surface area contributed by atoms with E-state index in [4.69, 9.17) is 11.6 Å². The maximum absolute atomic E-state index is 13.7. The van der Waals surface area contributed by atoms with Gasteiger partial charge in [-0.1, -0.05) is 60.1 Å². The molecule has 1 aliphatic carbocycles. The Labute approximate surface area is 225 Å². The highest BCUT2D eigenvalue weighted by Gasteiger charge is 2.36. The molecule has 0 atom stereocenters. The first-order valence-electron chi connectivity index (χ1n) is 12.5. The molecular formula is C29H27ClN4O4. The van der Waals surface area contributed by atoms with Crippen LogP contribution in [-0.4, -0.2) is 50.7 Å². The van der Waals surface area contributed by atoms with Gasteiger partial charge in [0.15, 0.2) is 0 Å². The number of carbonyl (C=O) groups excluding carboxylic acids is 2. The van der Waals surface area contributed by atoms with Gasteiger partial charge in [0.05, 0.1) is 4.92 Å². The monoisotopic (exact) mass is 530 g/mol. The number of nitrogens with one attached hydrogen (secondary N) is 1. The summed E-state index contributed by atoms with van der Waals surface area (Å²) in [5.74, 6) is -0.575. The van der Waals surface area contributed by atoms with Crippen LogP contribution in [0.2, 0.25) is 5.02 Å². The molecule has 0 bridgehead atoms. The minimum Gasteiger partial charge on any atom is -0.361 e. The molecule has 1 heterocycles. The SMILES string of the molecule is O=C(CN(C(=O)c1ccc(Cl)c([N+](=O)[O-])c1)C1CC1)N(CCc1c[nH]c2ccccc12)Cc1ccccc1. The Morgan fingerprint density at radius 1 is 1.03 bits per heavy atom. The number of nitrogens with zero attached hydrogens (tertiary/aromatic N) is 3. The van der Waals surface area contributed by atoms with E-state index < -0.39 is 10.8 Å². The zero-order valence-corrected chi connectivity index (χ0v) is 21.4. The van der Waals surface area contributed by atoms with Crippen LogP contribution in [0.5, 0.6) is 0 Å². The summed E-state index contributed by atoms with van der Waals surface area (Å²) in [4.78, 5) is 44.4. The fraction of sp³-hybridized carbons (Fsp3) is 0.241. The summed E-state index contributed by atoms with van der Waals surface area (Å²) < 4.78 is 0. The number of carbonyl (C=O) groups is 2. The highest BCUT2D eigenvalue weighted by molar-refractivity contribution is 6.32. The fourth-order valence-electron chi connectivity index (χ4n) is 4.64. The van der Waals surface area contributed by atoms with Crippen molar-refractivity contribution in [3.05, 3.63) is 111 Å². The molecule has 5 rings (SSSR count). The lowest BCUT2D eigenvalue weighted by Gasteiger charge is -2.28. The van der Waals surface area contributed by atoms with E-state index in [0.29, 0.717) is 19.5 Å². The van der Waals surface area contributed by atoms with Crippen LogP contribution in [0, 0.1) is 10.1 Å². The lowest BCUT2D eigenvalue weighted by atomic mass is 10.1. The smallest absolute Gasteiger partial charge is 0.288 e. The highest BCUT2D eigenvalue weighted by Crippen LogP contribution is 2.31. The number of halogens is 1. The summed E-state index contributed by atoms with van der Waals surface area (Å²) in [7, 11) is 0. The Morgan fingerprint density at radius 3 is 2.50 bits per heavy atom. The molecule has 8 nitrogen and oxygen atoms in total. The van der Waals surface area contributed by atoms with Gasteiger partial charge in [-0.05, 0) is 48.6 Å². The quantitative estimate of drug-likeness (QED) is 0.213. The molecule has 38 heavy (non-hydrogen) atoms. The Kier molecular flexibility index (Phi) is 7.42. The zero-order valence-electron chi connectivity index (χ0n) is 20.7. The maximum atomic E-state index is 13.7. The number of fused-ring (bicyclic) bond motifs is 1. The van der Waals surface area contributed by atoms with Crippen molar-refractivity contribution < 1.29 is 14.5 Å². The summed E-state index contributed by atoms with van der Waals surface area (Å²) in [5.41, 5.74) is 2.98. The Morgan fingerprint density at radius 2 is 1.76 bits per heavy atom. The zero-order chi connectivity index (χ0) is 26.6. The van der Waals surface area contributed by atoms with Crippen LogP contribution >= 0.6 is 11.6 Å². The number of benzene rings is 3. The van der Waals surface area contributed by atoms with Gasteiger partial charge in [0.2, 0.25) is 5.91 Å². The minimum absolute atomic E-state index is 0.0353. The van der Waals surface area contributed by atoms with Crippen LogP contribution in [0.3, 0.4) is 0 Å². The van der Waals surface area contributed by atoms with Gasteiger partial charge in [-0.2, -0.15) is 0 Å². The van der Waals surface area contributed by atoms with Crippen LogP contribution in [0.25, 0.3) is 10.9 Å². The van der Waals surface area contributed by atoms with Gasteiger partial charge in [-0.25, -0.2) is 0 Å². The van der Waals surface area contributed by atoms with E-state index in [9.17, 15) is 19.7 Å². The molecule has 3 aromatic carbocycles. The van der Waals surface area contributed by atoms with Crippen LogP contribution in [0.4, 0.5) is 5.69 Å². The van der Waals surface area contributed by atoms with Crippen molar-refractivity contribution in [2.24, 2.45) is 0 Å². The van der Waals surface area contributed by atoms with Crippen molar-refractivity contribution in [2.45, 2.75) is 31.8 Å². The molecule has 1 saturated carbocycles. The number of nitro benzene ring substituents is 1. The van der Waals surface area contributed by atoms with E-state index in [1.54, 1.807) is 9.80 Å². The lowest BCUT2D eigenvalue weighted by Crippen LogP contribution is -2.44. The summed E-state index contributed by atoms with van der Waals surface area (Å²) in [5, 5.41) is 12.4. The van der Waals surface area contributed by atoms with E-state index >= 15 is 0 Å². The molecule has 1 aromatic heterocycles. The Balaban J connectivity index is 1.36. The van der Waals surface area contributed by atoms with Crippen LogP contribution in [-0.2, 0) is 17.8 Å². The molecule has 9 heteroatoms. The molecule has 0 spiro atoms. The third-order valence-corrected chi connectivity index (χ3v) is 7.16. The van der Waals surface area contributed by atoms with Gasteiger partial charge in [0, 0.05) is 47.9 Å². The first-order chi connectivity index (χ1) is 18.4. The third-order valence-electron chi connectivity index (χ3n) is 6.84. The number of hydrogen-bond donors (Lipinski definition) is 1. The summed E-state index contributed by atoms with van der Waals surface area (Å²) >= 11 is 5.94. The molecule has 4 aromatic rings. The molecule has 0 aliphatic heterocycles. The second-order valence-corrected chi connectivity index (χ2v) is 9.91. The Bertz CT molecular complexity index is 1480. The van der Waals surface area contributed by atoms with Crippen molar-refractivity contribution in [1.82, 2.24) is 14.8 Å². The van der Waals surface area contributed by atoms with Gasteiger partial charge in [-0.15, -0.1) is 0 Å². The number of H-pyrrole nitrogens is 1. The van der Waals surface area contributed by atoms with Crippen molar-refractivity contribution in [3.63, 3.8) is 0 Å². The van der Waals surface area contributed by atoms with E-state index in [2.05, 4.69) is 11.1 Å². The largest absolute Gasteiger partial charge is 0.361 e. The van der Waals surface area contributed by atoms with Gasteiger partial charge in [0.1, 0.15) is 11.6 Å². The highest BCUT2D eigenvalue weighted by atomic mass is 35.5. The van der Waals surface area contributed by atoms with Gasteiger partial charge in [0.25, 0.3) is 11.6 Å². The van der Waals surface area contributed by atoms with Crippen LogP contribution < -0.4 is 0 Å². The normalized spacial score (nSPS) is 12.9. The summed E-state index contributed by atoms with van der Waals surface area (Å²) in [6.07, 6.45) is 4.22. The first kappa shape index (κ1) is 25.5. The van der Waals surface area contributed by atoms with Gasteiger partial charge >= 0.3 is 0 Å². The maximum Gasteiger partial charge on any atom is 0.288 e. The second-order valence-electron chi connectivity index (χ2n) is 9.50. The van der Waals surface area contributed by atoms with Crippen molar-refractivity contribution in [2.75, 3.05) is 13.1 Å². The van der Waals surface area contributed by atoms with E-state index in [1.165, 1.54) is 18.2 Å². The average molecular weight is 531 g/mol. The molecule has 0 radical (unpaired) electrons. The van der Waals surface area contributed by atoms with Crippen LogP contribution in [0.15, 0.2) is 79.0 Å². The van der Waals surface area contributed by atoms with E-state index in [-0.39, 0.29) is 34.8 Å². The predicted molar refractivity (Wildman–Crippen MR) is 146 cm³/mol. The molecule has 0 unspecified atom stereocenters. The Hall–Kier alpha value is -4.17. The number of hydrogen-bond acceptors (Lipinski definition) is 4. The molecule has 2 amide bonds. The number of para-hydroxylation sites is 1. The van der Waals surface area contributed by atoms with E-state index in [1.807, 2.05) is 54.7 Å². The number of rotatable bonds is 10. The van der Waals surface area contributed by atoms with Crippen LogP contribution in [0.1, 0.15) is 34.3 Å². The minimum atomic E-state index is -0.613. The van der Waals surface area contributed by atoms with Gasteiger partial charge in [-0.3, -0.25) is 19.7 Å². The number of amides is 2. The molecule has 1 aliphatic rings. The lowest BCUT2D eigenvalue weighted by molar-refractivity contribution is -0.384. The fourth-order valence-corrected chi connectivity index (χ4v) is 4.83. The molecule has 0 saturated heterocycles. The third kappa shape index (κ3) is 5.70. The van der Waals surface area contributed by atoms with Gasteiger partial charge < -0.3 is 14.8 Å². The van der Waals surface area contributed by atoms with E-state index in [0.717, 1.165) is 34.9 Å². The predicted octanol–water partition coefficient (Wildman–Crippen LogP) is 5.61. The second kappa shape index (κ2) is 11.1. The number of nitro groups is 1. The molecule has 194 valence electrons. The van der Waals surface area contributed by atoms with Crippen molar-refractivity contribution in [1.29, 1.82) is 0 Å². The standard InChI is InChI=1S/C29H27ClN4O4/c30-25-13-10-21(16-27(25)34(37)38)29(36)33(23-11-12-23)19-28(35)32(18-20-6-2-1-3-7-20)15-14-22-17-31-26-9-5-4-8-24(22)26/h1-10,13,16-17,23,31H,11-12,14-15,18-19H2. The number of aromatic nitrogens is 1. The topological polar surface area (TPSA) is 99.5 Å². The number of aromatic amines is 1. The summed E-state index contributed by atoms with van der Waals surface area (Å²) in [6.45, 7) is 0.802. The average Bonchev–Trinajstić information content (AvgIpc) is 3.69. The first-order valence-corrected chi connectivity index (χ1v) is 12.9.